The SMILES string of the molecule is N=C(N)c1cc(F)cc(COc2ccc(F)c(F)c2)c1. The van der Waals surface area contributed by atoms with Crippen molar-refractivity contribution < 1.29 is 17.9 Å². The lowest BCUT2D eigenvalue weighted by Gasteiger charge is -2.08. The second-order valence-electron chi connectivity index (χ2n) is 4.13. The summed E-state index contributed by atoms with van der Waals surface area (Å²) in [5, 5.41) is 7.26. The van der Waals surface area contributed by atoms with Gasteiger partial charge in [-0.3, -0.25) is 5.41 Å². The second-order valence-corrected chi connectivity index (χ2v) is 4.13. The summed E-state index contributed by atoms with van der Waals surface area (Å²) < 4.78 is 44.3. The molecule has 0 atom stereocenters. The molecule has 20 heavy (non-hydrogen) atoms. The number of halogens is 3. The van der Waals surface area contributed by atoms with Gasteiger partial charge in [0, 0.05) is 11.6 Å². The molecule has 0 aliphatic rings. The Kier molecular flexibility index (Phi) is 3.93. The molecule has 104 valence electrons. The van der Waals surface area contributed by atoms with Crippen LogP contribution < -0.4 is 10.5 Å². The third kappa shape index (κ3) is 3.28. The number of nitrogen functional groups attached to an aromatic ring is 1. The summed E-state index contributed by atoms with van der Waals surface area (Å²) in [7, 11) is 0. The van der Waals surface area contributed by atoms with Crippen molar-refractivity contribution in [2.24, 2.45) is 5.73 Å². The topological polar surface area (TPSA) is 59.1 Å². The zero-order chi connectivity index (χ0) is 14.7. The summed E-state index contributed by atoms with van der Waals surface area (Å²) in [6.45, 7) is -0.0525. The lowest BCUT2D eigenvalue weighted by Crippen LogP contribution is -2.12. The van der Waals surface area contributed by atoms with Crippen LogP contribution in [0.25, 0.3) is 0 Å². The van der Waals surface area contributed by atoms with Gasteiger partial charge in [-0.15, -0.1) is 0 Å². The molecule has 0 heterocycles. The smallest absolute Gasteiger partial charge is 0.162 e. The summed E-state index contributed by atoms with van der Waals surface area (Å²) in [5.74, 6) is -2.69. The van der Waals surface area contributed by atoms with Gasteiger partial charge in [0.05, 0.1) is 0 Å². The molecule has 2 aromatic carbocycles. The highest BCUT2D eigenvalue weighted by Crippen LogP contribution is 2.17. The van der Waals surface area contributed by atoms with E-state index in [2.05, 4.69) is 0 Å². The molecule has 3 N–H and O–H groups in total. The fourth-order valence-corrected chi connectivity index (χ4v) is 1.62. The summed E-state index contributed by atoms with van der Waals surface area (Å²) in [5.41, 5.74) is 5.94. The molecule has 0 radical (unpaired) electrons. The van der Waals surface area contributed by atoms with Crippen molar-refractivity contribution in [3.63, 3.8) is 0 Å². The molecule has 0 bridgehead atoms. The summed E-state index contributed by atoms with van der Waals surface area (Å²) in [6, 6.07) is 6.95. The molecule has 6 heteroatoms. The van der Waals surface area contributed by atoms with E-state index in [0.29, 0.717) is 5.56 Å². The number of ether oxygens (including phenoxy) is 1. The van der Waals surface area contributed by atoms with E-state index < -0.39 is 17.5 Å². The number of amidine groups is 1. The van der Waals surface area contributed by atoms with E-state index in [9.17, 15) is 13.2 Å². The molecule has 0 spiro atoms. The molecule has 0 fully saturated rings. The number of rotatable bonds is 4. The minimum Gasteiger partial charge on any atom is -0.489 e. The molecule has 0 saturated carbocycles. The van der Waals surface area contributed by atoms with Gasteiger partial charge in [-0.2, -0.15) is 0 Å². The molecular weight excluding hydrogens is 269 g/mol. The number of hydrogen-bond acceptors (Lipinski definition) is 2. The van der Waals surface area contributed by atoms with Crippen LogP contribution in [0.1, 0.15) is 11.1 Å². The highest BCUT2D eigenvalue weighted by molar-refractivity contribution is 5.95. The quantitative estimate of drug-likeness (QED) is 0.668. The fourth-order valence-electron chi connectivity index (χ4n) is 1.62. The number of nitrogens with one attached hydrogen (secondary N) is 1. The molecule has 3 nitrogen and oxygen atoms in total. The van der Waals surface area contributed by atoms with E-state index in [1.807, 2.05) is 0 Å². The largest absolute Gasteiger partial charge is 0.489 e. The van der Waals surface area contributed by atoms with Crippen LogP contribution in [0, 0.1) is 22.9 Å². The molecule has 0 aliphatic heterocycles. The molecule has 2 rings (SSSR count). The Hall–Kier alpha value is -2.50. The van der Waals surface area contributed by atoms with Crippen LogP contribution in [-0.2, 0) is 6.61 Å². The lowest BCUT2D eigenvalue weighted by molar-refractivity contribution is 0.302. The first-order chi connectivity index (χ1) is 9.45. The van der Waals surface area contributed by atoms with Gasteiger partial charge in [0.25, 0.3) is 0 Å². The Morgan fingerprint density at radius 2 is 1.80 bits per heavy atom. The van der Waals surface area contributed by atoms with Crippen LogP contribution in [0.3, 0.4) is 0 Å². The zero-order valence-corrected chi connectivity index (χ0v) is 10.3. The van der Waals surface area contributed by atoms with E-state index in [1.54, 1.807) is 0 Å². The van der Waals surface area contributed by atoms with E-state index >= 15 is 0 Å². The molecule has 0 aliphatic carbocycles. The van der Waals surface area contributed by atoms with E-state index in [0.717, 1.165) is 18.2 Å². The standard InChI is InChI=1S/C14H11F3N2O/c15-10-4-8(3-9(5-10)14(18)19)7-20-11-1-2-12(16)13(17)6-11/h1-6H,7H2,(H3,18,19). The highest BCUT2D eigenvalue weighted by atomic mass is 19.2. The van der Waals surface area contributed by atoms with Crippen LogP contribution in [0.4, 0.5) is 13.2 Å². The van der Waals surface area contributed by atoms with Gasteiger partial charge >= 0.3 is 0 Å². The second kappa shape index (κ2) is 5.64. The predicted octanol–water partition coefficient (Wildman–Crippen LogP) is 2.97. The molecule has 0 amide bonds. The van der Waals surface area contributed by atoms with Crippen molar-refractivity contribution in [2.45, 2.75) is 6.61 Å². The minimum atomic E-state index is -1.02. The fraction of sp³-hybridized carbons (Fsp3) is 0.0714. The van der Waals surface area contributed by atoms with Crippen LogP contribution in [0.2, 0.25) is 0 Å². The van der Waals surface area contributed by atoms with E-state index in [1.165, 1.54) is 18.2 Å². The summed E-state index contributed by atoms with van der Waals surface area (Å²) in [4.78, 5) is 0. The van der Waals surface area contributed by atoms with Crippen molar-refractivity contribution in [1.29, 1.82) is 5.41 Å². The zero-order valence-electron chi connectivity index (χ0n) is 10.3. The summed E-state index contributed by atoms with van der Waals surface area (Å²) in [6.07, 6.45) is 0. The predicted molar refractivity (Wildman–Crippen MR) is 68.1 cm³/mol. The molecule has 0 aromatic heterocycles. The minimum absolute atomic E-state index is 0.0525. The lowest BCUT2D eigenvalue weighted by atomic mass is 10.1. The third-order valence-corrected chi connectivity index (χ3v) is 2.57. The number of nitrogens with two attached hydrogens (primary N) is 1. The van der Waals surface area contributed by atoms with Gasteiger partial charge in [-0.25, -0.2) is 13.2 Å². The number of benzene rings is 2. The van der Waals surface area contributed by atoms with Gasteiger partial charge < -0.3 is 10.5 Å². The van der Waals surface area contributed by atoms with Crippen LogP contribution in [0.15, 0.2) is 36.4 Å². The maximum absolute atomic E-state index is 13.3. The molecule has 0 unspecified atom stereocenters. The Labute approximate surface area is 113 Å². The monoisotopic (exact) mass is 280 g/mol. The van der Waals surface area contributed by atoms with Gasteiger partial charge in [0.2, 0.25) is 0 Å². The molecule has 0 saturated heterocycles. The number of hydrogen-bond donors (Lipinski definition) is 2. The first-order valence-corrected chi connectivity index (χ1v) is 5.67. The highest BCUT2D eigenvalue weighted by Gasteiger charge is 2.06. The summed E-state index contributed by atoms with van der Waals surface area (Å²) >= 11 is 0. The van der Waals surface area contributed by atoms with Crippen LogP contribution in [-0.4, -0.2) is 5.84 Å². The third-order valence-electron chi connectivity index (χ3n) is 2.57. The van der Waals surface area contributed by atoms with Crippen molar-refractivity contribution in [1.82, 2.24) is 0 Å². The van der Waals surface area contributed by atoms with Gasteiger partial charge in [-0.1, -0.05) is 0 Å². The Bertz CT molecular complexity index is 659. The van der Waals surface area contributed by atoms with Gasteiger partial charge in [0.15, 0.2) is 11.6 Å². The Balaban J connectivity index is 2.14. The Morgan fingerprint density at radius 3 is 2.45 bits per heavy atom. The average molecular weight is 280 g/mol. The normalized spacial score (nSPS) is 10.3. The Morgan fingerprint density at radius 1 is 1.05 bits per heavy atom. The molecular formula is C14H11F3N2O. The van der Waals surface area contributed by atoms with Crippen LogP contribution in [0.5, 0.6) is 5.75 Å². The van der Waals surface area contributed by atoms with Crippen molar-refractivity contribution >= 4 is 5.84 Å². The van der Waals surface area contributed by atoms with Crippen molar-refractivity contribution in [3.8, 4) is 5.75 Å². The maximum Gasteiger partial charge on any atom is 0.162 e. The van der Waals surface area contributed by atoms with Crippen molar-refractivity contribution in [2.75, 3.05) is 0 Å². The first kappa shape index (κ1) is 13.9. The average Bonchev–Trinajstić information content (AvgIpc) is 2.39. The molecule has 2 aromatic rings. The van der Waals surface area contributed by atoms with E-state index in [4.69, 9.17) is 15.9 Å². The van der Waals surface area contributed by atoms with Gasteiger partial charge in [-0.05, 0) is 35.9 Å². The van der Waals surface area contributed by atoms with E-state index in [-0.39, 0.29) is 23.8 Å². The van der Waals surface area contributed by atoms with Crippen LogP contribution >= 0.6 is 0 Å². The van der Waals surface area contributed by atoms with Gasteiger partial charge in [0.1, 0.15) is 24.0 Å². The maximum atomic E-state index is 13.3. The first-order valence-electron chi connectivity index (χ1n) is 5.67. The van der Waals surface area contributed by atoms with Crippen molar-refractivity contribution in [3.05, 3.63) is 65.0 Å².